The Labute approximate surface area is 163 Å². The maximum Gasteiger partial charge on any atom is 0.283 e. The Morgan fingerprint density at radius 2 is 1.96 bits per heavy atom. The van der Waals surface area contributed by atoms with E-state index in [1.165, 1.54) is 15.1 Å². The number of fused-ring (bicyclic) bond motifs is 1. The number of nitrogens with one attached hydrogen (secondary N) is 1. The average Bonchev–Trinajstić information content (AvgIpc) is 3.29. The monoisotopic (exact) mass is 402 g/mol. The van der Waals surface area contributed by atoms with Crippen LogP contribution in [0.2, 0.25) is 5.02 Å². The quantitative estimate of drug-likeness (QED) is 0.709. The number of aryl methyl sites for hydroxylation is 1. The van der Waals surface area contributed by atoms with E-state index in [-0.39, 0.29) is 11.6 Å². The van der Waals surface area contributed by atoms with E-state index in [4.69, 9.17) is 11.6 Å². The summed E-state index contributed by atoms with van der Waals surface area (Å²) in [6.45, 7) is 1.06. The Bertz CT molecular complexity index is 1080. The third kappa shape index (κ3) is 3.52. The highest BCUT2D eigenvalue weighted by Gasteiger charge is 2.28. The second kappa shape index (κ2) is 6.90. The largest absolute Gasteiger partial charge is 0.384 e. The molecule has 0 saturated carbocycles. The Morgan fingerprint density at radius 1 is 1.19 bits per heavy atom. The highest BCUT2D eigenvalue weighted by Crippen LogP contribution is 2.31. The van der Waals surface area contributed by atoms with Crippen molar-refractivity contribution in [3.8, 4) is 0 Å². The smallest absolute Gasteiger partial charge is 0.283 e. The lowest BCUT2D eigenvalue weighted by molar-refractivity contribution is 0.582. The number of hydrogen-bond donors (Lipinski definition) is 1. The summed E-state index contributed by atoms with van der Waals surface area (Å²) in [4.78, 5) is 0. The van der Waals surface area contributed by atoms with Gasteiger partial charge in [0, 0.05) is 30.5 Å². The third-order valence-electron chi connectivity index (χ3n) is 4.57. The van der Waals surface area contributed by atoms with Crippen LogP contribution in [0, 0.1) is 0 Å². The fraction of sp³-hybridized carbons (Fsp3) is 0.211. The first-order chi connectivity index (χ1) is 12.9. The molecule has 3 aromatic rings. The molecule has 4 rings (SSSR count). The third-order valence-corrected chi connectivity index (χ3v) is 6.49. The predicted molar refractivity (Wildman–Crippen MR) is 107 cm³/mol. The minimum atomic E-state index is -3.81. The van der Waals surface area contributed by atoms with E-state index in [0.717, 1.165) is 29.8 Å². The normalized spacial score (nSPS) is 13.3. The van der Waals surface area contributed by atoms with Crippen molar-refractivity contribution in [2.75, 3.05) is 16.2 Å². The van der Waals surface area contributed by atoms with Gasteiger partial charge in [0.15, 0.2) is 5.03 Å². The summed E-state index contributed by atoms with van der Waals surface area (Å²) in [5.41, 5.74) is 3.64. The van der Waals surface area contributed by atoms with Crippen molar-refractivity contribution in [3.05, 3.63) is 70.9 Å². The number of sulfonamides is 1. The molecule has 0 amide bonds. The number of nitrogens with zero attached hydrogens (tertiary/aromatic N) is 3. The zero-order valence-corrected chi connectivity index (χ0v) is 16.3. The lowest BCUT2D eigenvalue weighted by Crippen LogP contribution is -2.31. The lowest BCUT2D eigenvalue weighted by Gasteiger charge is -2.24. The Hall–Kier alpha value is -2.51. The van der Waals surface area contributed by atoms with Crippen LogP contribution in [0.3, 0.4) is 0 Å². The van der Waals surface area contributed by atoms with Gasteiger partial charge in [-0.15, -0.1) is 0 Å². The van der Waals surface area contributed by atoms with Crippen LogP contribution < -0.4 is 9.62 Å². The van der Waals surface area contributed by atoms with Crippen molar-refractivity contribution < 1.29 is 8.42 Å². The molecule has 2 heterocycles. The van der Waals surface area contributed by atoms with Crippen LogP contribution in [0.25, 0.3) is 0 Å². The van der Waals surface area contributed by atoms with Crippen LogP contribution in [0.5, 0.6) is 0 Å². The first-order valence-electron chi connectivity index (χ1n) is 8.57. The zero-order chi connectivity index (χ0) is 19.0. The zero-order valence-electron chi connectivity index (χ0n) is 14.8. The molecule has 0 radical (unpaired) electrons. The van der Waals surface area contributed by atoms with Crippen LogP contribution in [0.4, 0.5) is 11.4 Å². The van der Waals surface area contributed by atoms with Gasteiger partial charge in [0.2, 0.25) is 0 Å². The lowest BCUT2D eigenvalue weighted by atomic mass is 10.1. The highest BCUT2D eigenvalue weighted by atomic mass is 35.5. The van der Waals surface area contributed by atoms with Gasteiger partial charge < -0.3 is 5.32 Å². The molecule has 2 aromatic carbocycles. The molecule has 1 aromatic heterocycles. The second-order valence-electron chi connectivity index (χ2n) is 6.48. The van der Waals surface area contributed by atoms with Gasteiger partial charge in [-0.05, 0) is 53.9 Å². The number of benzene rings is 2. The van der Waals surface area contributed by atoms with Crippen LogP contribution >= 0.6 is 11.6 Å². The van der Waals surface area contributed by atoms with E-state index in [2.05, 4.69) is 10.4 Å². The van der Waals surface area contributed by atoms with Gasteiger partial charge in [-0.1, -0.05) is 23.7 Å². The molecule has 0 unspecified atom stereocenters. The molecule has 0 aliphatic carbocycles. The van der Waals surface area contributed by atoms with E-state index in [1.807, 2.05) is 30.3 Å². The van der Waals surface area contributed by atoms with Gasteiger partial charge in [-0.3, -0.25) is 8.99 Å². The Morgan fingerprint density at radius 3 is 2.67 bits per heavy atom. The van der Waals surface area contributed by atoms with Gasteiger partial charge >= 0.3 is 0 Å². The molecule has 1 aliphatic heterocycles. The molecule has 0 fully saturated rings. The average molecular weight is 403 g/mol. The van der Waals surface area contributed by atoms with E-state index in [9.17, 15) is 8.42 Å². The van der Waals surface area contributed by atoms with Crippen LogP contribution in [-0.2, 0) is 30.0 Å². The summed E-state index contributed by atoms with van der Waals surface area (Å²) in [7, 11) is -2.11. The second-order valence-corrected chi connectivity index (χ2v) is 8.73. The Kier molecular flexibility index (Phi) is 4.57. The minimum Gasteiger partial charge on any atom is -0.384 e. The van der Waals surface area contributed by atoms with Gasteiger partial charge in [-0.2, -0.15) is 13.5 Å². The molecule has 0 atom stereocenters. The molecule has 0 saturated heterocycles. The van der Waals surface area contributed by atoms with E-state index < -0.39 is 10.0 Å². The number of rotatable bonds is 5. The molecule has 8 heteroatoms. The van der Waals surface area contributed by atoms with E-state index in [1.54, 1.807) is 25.4 Å². The topological polar surface area (TPSA) is 67.2 Å². The molecule has 0 spiro atoms. The number of anilines is 2. The number of hydrogen-bond acceptors (Lipinski definition) is 4. The van der Waals surface area contributed by atoms with Gasteiger partial charge in [0.25, 0.3) is 10.0 Å². The fourth-order valence-electron chi connectivity index (χ4n) is 3.16. The highest BCUT2D eigenvalue weighted by molar-refractivity contribution is 7.92. The van der Waals surface area contributed by atoms with Crippen molar-refractivity contribution in [1.29, 1.82) is 0 Å². The van der Waals surface area contributed by atoms with Crippen molar-refractivity contribution in [2.45, 2.75) is 18.0 Å². The number of aromatic nitrogens is 2. The first kappa shape index (κ1) is 17.9. The van der Waals surface area contributed by atoms with E-state index in [0.29, 0.717) is 10.7 Å². The SMILES string of the molecule is Cn1ccc(S(=O)(=O)N(Cc2ccc(Cl)cc2)c2ccc3c(c2)CCN3)n1. The molecule has 1 aliphatic rings. The summed E-state index contributed by atoms with van der Waals surface area (Å²) < 4.78 is 29.5. The summed E-state index contributed by atoms with van der Waals surface area (Å²) >= 11 is 5.97. The fourth-order valence-corrected chi connectivity index (χ4v) is 4.69. The molecular formula is C19H19ClN4O2S. The first-order valence-corrected chi connectivity index (χ1v) is 10.4. The minimum absolute atomic E-state index is 0.0255. The van der Waals surface area contributed by atoms with Crippen molar-refractivity contribution in [3.63, 3.8) is 0 Å². The molecule has 6 nitrogen and oxygen atoms in total. The summed E-state index contributed by atoms with van der Waals surface area (Å²) in [5.74, 6) is 0. The molecule has 0 bridgehead atoms. The number of halogens is 1. The summed E-state index contributed by atoms with van der Waals surface area (Å²) in [6.07, 6.45) is 2.50. The standard InChI is InChI=1S/C19H19ClN4O2S/c1-23-11-9-19(22-23)27(25,26)24(13-14-2-4-16(20)5-3-14)17-6-7-18-15(12-17)8-10-21-18/h2-7,9,11-12,21H,8,10,13H2,1H3. The van der Waals surface area contributed by atoms with Gasteiger partial charge in [-0.25, -0.2) is 0 Å². The van der Waals surface area contributed by atoms with Crippen molar-refractivity contribution >= 4 is 33.0 Å². The Balaban J connectivity index is 1.78. The molecule has 140 valence electrons. The summed E-state index contributed by atoms with van der Waals surface area (Å²) in [5, 5.41) is 8.05. The molecular weight excluding hydrogens is 384 g/mol. The van der Waals surface area contributed by atoms with Crippen molar-refractivity contribution in [1.82, 2.24) is 9.78 Å². The summed E-state index contributed by atoms with van der Waals surface area (Å²) in [6, 6.07) is 14.4. The predicted octanol–water partition coefficient (Wildman–Crippen LogP) is 3.44. The molecule has 1 N–H and O–H groups in total. The van der Waals surface area contributed by atoms with Crippen LogP contribution in [0.15, 0.2) is 59.8 Å². The van der Waals surface area contributed by atoms with Crippen molar-refractivity contribution in [2.24, 2.45) is 7.05 Å². The maximum atomic E-state index is 13.3. The van der Waals surface area contributed by atoms with Gasteiger partial charge in [0.05, 0.1) is 12.2 Å². The maximum absolute atomic E-state index is 13.3. The molecule has 27 heavy (non-hydrogen) atoms. The van der Waals surface area contributed by atoms with Crippen LogP contribution in [-0.4, -0.2) is 24.7 Å². The van der Waals surface area contributed by atoms with Crippen LogP contribution in [0.1, 0.15) is 11.1 Å². The van der Waals surface area contributed by atoms with Gasteiger partial charge in [0.1, 0.15) is 0 Å². The van der Waals surface area contributed by atoms with E-state index >= 15 is 0 Å².